The molecule has 0 radical (unpaired) electrons. The maximum absolute atomic E-state index is 12.1. The van der Waals surface area contributed by atoms with Crippen molar-refractivity contribution in [2.45, 2.75) is 33.4 Å². The van der Waals surface area contributed by atoms with E-state index in [9.17, 15) is 4.79 Å². The molecule has 3 rings (SSSR count). The Balaban J connectivity index is 1.50. The fourth-order valence-electron chi connectivity index (χ4n) is 2.89. The lowest BCUT2D eigenvalue weighted by molar-refractivity contribution is -0.116. The first-order valence-electron chi connectivity index (χ1n) is 10.2. The SMILES string of the molecule is CCOc1ccc(COc2ccc(NC(=O)CCn3cc(Cl)cn3)cc2)cc1OCC. The summed E-state index contributed by atoms with van der Waals surface area (Å²) in [5.74, 6) is 2.04. The molecule has 2 aromatic carbocycles. The summed E-state index contributed by atoms with van der Waals surface area (Å²) < 4.78 is 18.7. The van der Waals surface area contributed by atoms with Gasteiger partial charge in [-0.05, 0) is 55.8 Å². The lowest BCUT2D eigenvalue weighted by Gasteiger charge is -2.13. The van der Waals surface area contributed by atoms with Crippen molar-refractivity contribution in [3.8, 4) is 17.2 Å². The molecule has 1 heterocycles. The number of nitrogens with one attached hydrogen (secondary N) is 1. The summed E-state index contributed by atoms with van der Waals surface area (Å²) in [4.78, 5) is 12.1. The van der Waals surface area contributed by atoms with Crippen LogP contribution in [0.2, 0.25) is 5.02 Å². The first kappa shape index (κ1) is 22.5. The Hall–Kier alpha value is -3.19. The Kier molecular flexibility index (Phi) is 8.18. The molecule has 0 aliphatic heterocycles. The second-order valence-electron chi connectivity index (χ2n) is 6.68. The predicted molar refractivity (Wildman–Crippen MR) is 120 cm³/mol. The van der Waals surface area contributed by atoms with Gasteiger partial charge in [0.05, 0.1) is 24.4 Å². The third kappa shape index (κ3) is 6.93. The Morgan fingerprint density at radius 1 is 1.03 bits per heavy atom. The van der Waals surface area contributed by atoms with E-state index < -0.39 is 0 Å². The predicted octanol–water partition coefficient (Wildman–Crippen LogP) is 4.94. The molecule has 164 valence electrons. The monoisotopic (exact) mass is 443 g/mol. The topological polar surface area (TPSA) is 74.6 Å². The van der Waals surface area contributed by atoms with Crippen LogP contribution in [-0.4, -0.2) is 28.9 Å². The molecule has 0 atom stereocenters. The van der Waals surface area contributed by atoms with Gasteiger partial charge in [0.1, 0.15) is 12.4 Å². The molecule has 0 fully saturated rings. The van der Waals surface area contributed by atoms with Gasteiger partial charge < -0.3 is 19.5 Å². The summed E-state index contributed by atoms with van der Waals surface area (Å²) in [7, 11) is 0. The molecule has 0 saturated carbocycles. The number of ether oxygens (including phenoxy) is 3. The Bertz CT molecular complexity index is 989. The number of amides is 1. The number of nitrogens with zero attached hydrogens (tertiary/aromatic N) is 2. The van der Waals surface area contributed by atoms with Crippen LogP contribution in [0.3, 0.4) is 0 Å². The average molecular weight is 444 g/mol. The lowest BCUT2D eigenvalue weighted by atomic mass is 10.2. The van der Waals surface area contributed by atoms with Crippen molar-refractivity contribution in [1.82, 2.24) is 9.78 Å². The lowest BCUT2D eigenvalue weighted by Crippen LogP contribution is -2.14. The summed E-state index contributed by atoms with van der Waals surface area (Å²) >= 11 is 5.82. The molecule has 1 aromatic heterocycles. The zero-order valence-electron chi connectivity index (χ0n) is 17.6. The van der Waals surface area contributed by atoms with Crippen molar-refractivity contribution in [3.63, 3.8) is 0 Å². The molecule has 0 saturated heterocycles. The van der Waals surface area contributed by atoms with Crippen molar-refractivity contribution in [2.75, 3.05) is 18.5 Å². The van der Waals surface area contributed by atoms with E-state index in [0.29, 0.717) is 55.0 Å². The molecule has 1 amide bonds. The number of hydrogen-bond donors (Lipinski definition) is 1. The first-order valence-corrected chi connectivity index (χ1v) is 10.5. The molecular formula is C23H26ClN3O4. The van der Waals surface area contributed by atoms with Gasteiger partial charge in [0, 0.05) is 24.8 Å². The standard InChI is InChI=1S/C23H26ClN3O4/c1-3-29-21-10-5-17(13-22(21)30-4-2)16-31-20-8-6-19(7-9-20)26-23(28)11-12-27-15-18(24)14-25-27/h5-10,13-15H,3-4,11-12,16H2,1-2H3,(H,26,28). The molecule has 31 heavy (non-hydrogen) atoms. The number of halogens is 1. The molecule has 8 heteroatoms. The zero-order chi connectivity index (χ0) is 22.1. The minimum Gasteiger partial charge on any atom is -0.490 e. The van der Waals surface area contributed by atoms with Crippen molar-refractivity contribution >= 4 is 23.2 Å². The van der Waals surface area contributed by atoms with Crippen LogP contribution in [0.15, 0.2) is 54.9 Å². The highest BCUT2D eigenvalue weighted by atomic mass is 35.5. The molecule has 7 nitrogen and oxygen atoms in total. The normalized spacial score (nSPS) is 10.5. The molecule has 1 N–H and O–H groups in total. The fourth-order valence-corrected chi connectivity index (χ4v) is 3.04. The van der Waals surface area contributed by atoms with Crippen LogP contribution in [0, 0.1) is 0 Å². The van der Waals surface area contributed by atoms with Crippen LogP contribution in [0.4, 0.5) is 5.69 Å². The third-order valence-corrected chi connectivity index (χ3v) is 4.52. The highest BCUT2D eigenvalue weighted by molar-refractivity contribution is 6.30. The Morgan fingerprint density at radius 3 is 2.45 bits per heavy atom. The Morgan fingerprint density at radius 2 is 1.77 bits per heavy atom. The van der Waals surface area contributed by atoms with Crippen LogP contribution in [0.25, 0.3) is 0 Å². The number of carbonyl (C=O) groups is 1. The molecule has 0 aliphatic carbocycles. The van der Waals surface area contributed by atoms with E-state index in [0.717, 1.165) is 11.3 Å². The van der Waals surface area contributed by atoms with Crippen molar-refractivity contribution in [3.05, 3.63) is 65.4 Å². The molecule has 3 aromatic rings. The van der Waals surface area contributed by atoms with E-state index in [2.05, 4.69) is 10.4 Å². The van der Waals surface area contributed by atoms with E-state index in [1.54, 1.807) is 17.1 Å². The van der Waals surface area contributed by atoms with Crippen LogP contribution < -0.4 is 19.5 Å². The second-order valence-corrected chi connectivity index (χ2v) is 7.12. The molecule has 0 spiro atoms. The van der Waals surface area contributed by atoms with Crippen molar-refractivity contribution < 1.29 is 19.0 Å². The zero-order valence-corrected chi connectivity index (χ0v) is 18.4. The summed E-state index contributed by atoms with van der Waals surface area (Å²) in [5, 5.41) is 7.47. The average Bonchev–Trinajstić information content (AvgIpc) is 3.19. The number of benzene rings is 2. The van der Waals surface area contributed by atoms with E-state index in [-0.39, 0.29) is 5.91 Å². The first-order chi connectivity index (χ1) is 15.1. The number of aromatic nitrogens is 2. The molecule has 0 aliphatic rings. The molecule has 0 bridgehead atoms. The van der Waals surface area contributed by atoms with Gasteiger partial charge in [-0.2, -0.15) is 5.10 Å². The van der Waals surface area contributed by atoms with Crippen LogP contribution in [-0.2, 0) is 17.9 Å². The maximum atomic E-state index is 12.1. The summed E-state index contributed by atoms with van der Waals surface area (Å²) in [6.07, 6.45) is 3.53. The summed E-state index contributed by atoms with van der Waals surface area (Å²) in [5.41, 5.74) is 1.68. The highest BCUT2D eigenvalue weighted by Gasteiger charge is 2.08. The number of carbonyl (C=O) groups excluding carboxylic acids is 1. The van der Waals surface area contributed by atoms with Gasteiger partial charge in [-0.3, -0.25) is 9.48 Å². The number of hydrogen-bond acceptors (Lipinski definition) is 5. The van der Waals surface area contributed by atoms with Gasteiger partial charge in [0.15, 0.2) is 11.5 Å². The van der Waals surface area contributed by atoms with E-state index in [1.807, 2.05) is 56.3 Å². The van der Waals surface area contributed by atoms with Gasteiger partial charge in [-0.1, -0.05) is 17.7 Å². The second kappa shape index (κ2) is 11.3. The van der Waals surface area contributed by atoms with Gasteiger partial charge >= 0.3 is 0 Å². The fraction of sp³-hybridized carbons (Fsp3) is 0.304. The van der Waals surface area contributed by atoms with Crippen molar-refractivity contribution in [2.24, 2.45) is 0 Å². The largest absolute Gasteiger partial charge is 0.490 e. The highest BCUT2D eigenvalue weighted by Crippen LogP contribution is 2.29. The summed E-state index contributed by atoms with van der Waals surface area (Å²) in [6.45, 7) is 5.88. The third-order valence-electron chi connectivity index (χ3n) is 4.32. The minimum absolute atomic E-state index is 0.0990. The Labute approximate surface area is 186 Å². The van der Waals surface area contributed by atoms with Gasteiger partial charge in [-0.25, -0.2) is 0 Å². The van der Waals surface area contributed by atoms with E-state index in [1.165, 1.54) is 0 Å². The number of rotatable bonds is 11. The van der Waals surface area contributed by atoms with Crippen LogP contribution in [0.1, 0.15) is 25.8 Å². The smallest absolute Gasteiger partial charge is 0.226 e. The summed E-state index contributed by atoms with van der Waals surface area (Å²) in [6, 6.07) is 13.0. The number of aryl methyl sites for hydroxylation is 1. The molecule has 0 unspecified atom stereocenters. The van der Waals surface area contributed by atoms with Gasteiger partial charge in [-0.15, -0.1) is 0 Å². The van der Waals surface area contributed by atoms with E-state index >= 15 is 0 Å². The van der Waals surface area contributed by atoms with Crippen LogP contribution in [0.5, 0.6) is 17.2 Å². The van der Waals surface area contributed by atoms with Crippen molar-refractivity contribution in [1.29, 1.82) is 0 Å². The maximum Gasteiger partial charge on any atom is 0.226 e. The minimum atomic E-state index is -0.0990. The van der Waals surface area contributed by atoms with Crippen LogP contribution >= 0.6 is 11.6 Å². The van der Waals surface area contributed by atoms with E-state index in [4.69, 9.17) is 25.8 Å². The molecular weight excluding hydrogens is 418 g/mol. The van der Waals surface area contributed by atoms with Gasteiger partial charge in [0.2, 0.25) is 5.91 Å². The van der Waals surface area contributed by atoms with Gasteiger partial charge in [0.25, 0.3) is 0 Å². The number of anilines is 1. The quantitative estimate of drug-likeness (QED) is 0.454.